The van der Waals surface area contributed by atoms with E-state index in [1.54, 1.807) is 25.2 Å². The average Bonchev–Trinajstić information content (AvgIpc) is 2.57. The van der Waals surface area contributed by atoms with Gasteiger partial charge in [-0.05, 0) is 31.0 Å². The number of rotatable bonds is 4. The minimum atomic E-state index is -0.135. The number of nitrogens with one attached hydrogen (secondary N) is 1. The van der Waals surface area contributed by atoms with Crippen LogP contribution in [0.3, 0.4) is 0 Å². The molecule has 1 N–H and O–H groups in total. The van der Waals surface area contributed by atoms with E-state index in [0.29, 0.717) is 30.0 Å². The molecule has 2 amide bonds. The minimum Gasteiger partial charge on any atom is -0.481 e. The number of hydrogen-bond donors (Lipinski definition) is 1. The summed E-state index contributed by atoms with van der Waals surface area (Å²) in [5, 5.41) is 2.89. The van der Waals surface area contributed by atoms with Crippen LogP contribution in [-0.4, -0.2) is 25.5 Å². The maximum Gasteiger partial charge on any atom is 0.264 e. The number of ether oxygens (including phenoxy) is 1. The molecule has 0 saturated heterocycles. The van der Waals surface area contributed by atoms with Crippen molar-refractivity contribution in [2.75, 3.05) is 23.9 Å². The highest BCUT2D eigenvalue weighted by Crippen LogP contribution is 2.38. The van der Waals surface area contributed by atoms with Crippen molar-refractivity contribution < 1.29 is 14.3 Å². The van der Waals surface area contributed by atoms with Crippen LogP contribution >= 0.6 is 0 Å². The van der Waals surface area contributed by atoms with Crippen molar-refractivity contribution in [3.8, 4) is 5.75 Å². The Morgan fingerprint density at radius 1 is 1.25 bits per heavy atom. The van der Waals surface area contributed by atoms with Crippen LogP contribution in [0, 0.1) is 6.92 Å². The molecule has 3 rings (SSSR count). The van der Waals surface area contributed by atoms with Gasteiger partial charge in [0.1, 0.15) is 11.4 Å². The molecule has 1 aliphatic rings. The molecule has 5 heteroatoms. The van der Waals surface area contributed by atoms with Crippen LogP contribution in [0.1, 0.15) is 17.5 Å². The lowest BCUT2D eigenvalue weighted by Crippen LogP contribution is -2.36. The first-order valence-corrected chi connectivity index (χ1v) is 7.92. The number of carbonyl (C=O) groups excluding carboxylic acids is 2. The summed E-state index contributed by atoms with van der Waals surface area (Å²) in [6, 6.07) is 13.5. The van der Waals surface area contributed by atoms with E-state index in [1.807, 2.05) is 25.1 Å². The number of aryl methyl sites for hydroxylation is 2. The average molecular weight is 324 g/mol. The van der Waals surface area contributed by atoms with Crippen LogP contribution < -0.4 is 15.0 Å². The monoisotopic (exact) mass is 324 g/mol. The fourth-order valence-corrected chi connectivity index (χ4v) is 2.78. The molecule has 1 heterocycles. The third-order valence-corrected chi connectivity index (χ3v) is 4.06. The van der Waals surface area contributed by atoms with Crippen molar-refractivity contribution in [1.29, 1.82) is 0 Å². The Labute approximate surface area is 141 Å². The van der Waals surface area contributed by atoms with Crippen molar-refractivity contribution in [3.63, 3.8) is 0 Å². The zero-order valence-electron chi connectivity index (χ0n) is 13.8. The summed E-state index contributed by atoms with van der Waals surface area (Å²) < 4.78 is 5.43. The molecule has 0 radical (unpaired) electrons. The molecule has 0 spiro atoms. The molecule has 0 saturated carbocycles. The summed E-state index contributed by atoms with van der Waals surface area (Å²) in [7, 11) is 1.69. The summed E-state index contributed by atoms with van der Waals surface area (Å²) in [5.41, 5.74) is 3.52. The molecule has 0 bridgehead atoms. The normalized spacial score (nSPS) is 13.2. The van der Waals surface area contributed by atoms with Gasteiger partial charge >= 0.3 is 0 Å². The van der Waals surface area contributed by atoms with Crippen LogP contribution in [0.25, 0.3) is 0 Å². The number of carbonyl (C=O) groups is 2. The van der Waals surface area contributed by atoms with Gasteiger partial charge in [-0.2, -0.15) is 0 Å². The van der Waals surface area contributed by atoms with E-state index in [2.05, 4.69) is 11.4 Å². The highest BCUT2D eigenvalue weighted by molar-refractivity contribution is 6.04. The highest BCUT2D eigenvalue weighted by atomic mass is 16.5. The maximum absolute atomic E-state index is 12.3. The Kier molecular flexibility index (Phi) is 4.51. The van der Waals surface area contributed by atoms with Crippen molar-refractivity contribution in [3.05, 3.63) is 53.6 Å². The van der Waals surface area contributed by atoms with Crippen molar-refractivity contribution in [2.24, 2.45) is 0 Å². The van der Waals surface area contributed by atoms with E-state index in [4.69, 9.17) is 4.74 Å². The second kappa shape index (κ2) is 6.74. The SMILES string of the molecule is Cc1cccc(CCC(=O)Nc2cccc3c2N(C)C(=O)CO3)c1. The van der Waals surface area contributed by atoms with E-state index in [1.165, 1.54) is 10.5 Å². The summed E-state index contributed by atoms with van der Waals surface area (Å²) in [6.07, 6.45) is 1.06. The smallest absolute Gasteiger partial charge is 0.264 e. The lowest BCUT2D eigenvalue weighted by Gasteiger charge is -2.28. The number of likely N-dealkylation sites (N-methyl/N-ethyl adjacent to an activating group) is 1. The quantitative estimate of drug-likeness (QED) is 0.941. The molecule has 0 fully saturated rings. The van der Waals surface area contributed by atoms with Gasteiger partial charge in [-0.25, -0.2) is 0 Å². The Morgan fingerprint density at radius 2 is 2.04 bits per heavy atom. The molecule has 24 heavy (non-hydrogen) atoms. The number of hydrogen-bond acceptors (Lipinski definition) is 3. The molecule has 5 nitrogen and oxygen atoms in total. The number of para-hydroxylation sites is 1. The topological polar surface area (TPSA) is 58.6 Å². The Hall–Kier alpha value is -2.82. The Bertz CT molecular complexity index is 786. The molecule has 0 atom stereocenters. The van der Waals surface area contributed by atoms with Crippen molar-refractivity contribution >= 4 is 23.2 Å². The Balaban J connectivity index is 1.70. The maximum atomic E-state index is 12.3. The third kappa shape index (κ3) is 3.40. The number of anilines is 2. The predicted octanol–water partition coefficient (Wildman–Crippen LogP) is 2.92. The fourth-order valence-electron chi connectivity index (χ4n) is 2.78. The van der Waals surface area contributed by atoms with E-state index in [9.17, 15) is 9.59 Å². The van der Waals surface area contributed by atoms with Crippen molar-refractivity contribution in [1.82, 2.24) is 0 Å². The molecule has 0 unspecified atom stereocenters. The fraction of sp³-hybridized carbons (Fsp3) is 0.263. The van der Waals surface area contributed by atoms with Crippen LogP contribution in [0.2, 0.25) is 0 Å². The molecular formula is C19H20N2O3. The van der Waals surface area contributed by atoms with E-state index in [-0.39, 0.29) is 18.4 Å². The number of nitrogens with zero attached hydrogens (tertiary/aromatic N) is 1. The van der Waals surface area contributed by atoms with Gasteiger partial charge in [0.15, 0.2) is 6.61 Å². The van der Waals surface area contributed by atoms with Crippen LogP contribution in [0.5, 0.6) is 5.75 Å². The predicted molar refractivity (Wildman–Crippen MR) is 93.5 cm³/mol. The van der Waals surface area contributed by atoms with Gasteiger partial charge in [-0.15, -0.1) is 0 Å². The van der Waals surface area contributed by atoms with Crippen molar-refractivity contribution in [2.45, 2.75) is 19.8 Å². The number of fused-ring (bicyclic) bond motifs is 1. The molecule has 2 aromatic carbocycles. The van der Waals surface area contributed by atoms with Crippen LogP contribution in [-0.2, 0) is 16.0 Å². The van der Waals surface area contributed by atoms with Gasteiger partial charge < -0.3 is 15.0 Å². The van der Waals surface area contributed by atoms with Gasteiger partial charge in [0.05, 0.1) is 5.69 Å². The largest absolute Gasteiger partial charge is 0.481 e. The van der Waals surface area contributed by atoms with Crippen LogP contribution in [0.15, 0.2) is 42.5 Å². The molecule has 124 valence electrons. The van der Waals surface area contributed by atoms with Gasteiger partial charge in [-0.1, -0.05) is 35.9 Å². The lowest BCUT2D eigenvalue weighted by molar-refractivity contribution is -0.121. The molecule has 0 aliphatic carbocycles. The first kappa shape index (κ1) is 16.1. The van der Waals surface area contributed by atoms with Crippen LogP contribution in [0.4, 0.5) is 11.4 Å². The van der Waals surface area contributed by atoms with Gasteiger partial charge in [0.2, 0.25) is 5.91 Å². The summed E-state index contributed by atoms with van der Waals surface area (Å²) in [5.74, 6) is 0.383. The third-order valence-electron chi connectivity index (χ3n) is 4.06. The summed E-state index contributed by atoms with van der Waals surface area (Å²) in [4.78, 5) is 25.6. The molecular weight excluding hydrogens is 304 g/mol. The first-order valence-electron chi connectivity index (χ1n) is 7.92. The van der Waals surface area contributed by atoms with E-state index in [0.717, 1.165) is 5.56 Å². The highest BCUT2D eigenvalue weighted by Gasteiger charge is 2.25. The van der Waals surface area contributed by atoms with Gasteiger partial charge in [0.25, 0.3) is 5.91 Å². The zero-order chi connectivity index (χ0) is 17.1. The first-order chi connectivity index (χ1) is 11.5. The van der Waals surface area contributed by atoms with E-state index >= 15 is 0 Å². The molecule has 0 aromatic heterocycles. The molecule has 1 aliphatic heterocycles. The summed E-state index contributed by atoms with van der Waals surface area (Å²) >= 11 is 0. The Morgan fingerprint density at radius 3 is 2.83 bits per heavy atom. The van der Waals surface area contributed by atoms with E-state index < -0.39 is 0 Å². The van der Waals surface area contributed by atoms with Gasteiger partial charge in [0, 0.05) is 13.5 Å². The zero-order valence-corrected chi connectivity index (χ0v) is 13.8. The lowest BCUT2D eigenvalue weighted by atomic mass is 10.1. The second-order valence-corrected chi connectivity index (χ2v) is 5.93. The standard InChI is InChI=1S/C19H20N2O3/c1-13-5-3-6-14(11-13)9-10-17(22)20-15-7-4-8-16-19(15)21(2)18(23)12-24-16/h3-8,11H,9-10,12H2,1-2H3,(H,20,22). The number of benzene rings is 2. The second-order valence-electron chi connectivity index (χ2n) is 5.93. The summed E-state index contributed by atoms with van der Waals surface area (Å²) in [6.45, 7) is 2.06. The number of amides is 2. The molecule has 2 aromatic rings. The minimum absolute atomic E-state index is 0.0221. The van der Waals surface area contributed by atoms with Gasteiger partial charge in [-0.3, -0.25) is 9.59 Å².